The Bertz CT molecular complexity index is 651. The Morgan fingerprint density at radius 2 is 2.14 bits per heavy atom. The molecule has 4 nitrogen and oxygen atoms in total. The molecule has 0 saturated carbocycles. The number of hydrogen-bond donors (Lipinski definition) is 2. The molecule has 0 amide bonds. The van der Waals surface area contributed by atoms with Gasteiger partial charge >= 0.3 is 0 Å². The fourth-order valence-electron chi connectivity index (χ4n) is 2.79. The average Bonchev–Trinajstić information content (AvgIpc) is 2.99. The lowest BCUT2D eigenvalue weighted by Gasteiger charge is -2.24. The van der Waals surface area contributed by atoms with Gasteiger partial charge in [-0.3, -0.25) is 0 Å². The zero-order valence-corrected chi connectivity index (χ0v) is 13.2. The van der Waals surface area contributed by atoms with E-state index in [4.69, 9.17) is 10.5 Å². The van der Waals surface area contributed by atoms with Crippen LogP contribution in [-0.4, -0.2) is 11.2 Å². The fourth-order valence-corrected chi connectivity index (χ4v) is 2.79. The third-order valence-corrected chi connectivity index (χ3v) is 3.85. The Hall–Kier alpha value is -2.20. The van der Waals surface area contributed by atoms with Crippen LogP contribution in [0.25, 0.3) is 16.6 Å². The second-order valence-corrected chi connectivity index (χ2v) is 5.26. The van der Waals surface area contributed by atoms with Crippen molar-refractivity contribution in [2.45, 2.75) is 32.4 Å². The first kappa shape index (κ1) is 16.2. The van der Waals surface area contributed by atoms with E-state index in [1.165, 1.54) is 29.9 Å². The van der Waals surface area contributed by atoms with Gasteiger partial charge in [-0.05, 0) is 44.5 Å². The van der Waals surface area contributed by atoms with Crippen LogP contribution >= 0.6 is 0 Å². The zero-order valence-electron chi connectivity index (χ0n) is 13.2. The smallest absolute Gasteiger partial charge is 0.133 e. The number of ether oxygens (including phenoxy) is 1. The maximum atomic E-state index is 6.07. The molecule has 2 heterocycles. The Morgan fingerprint density at radius 3 is 2.77 bits per heavy atom. The van der Waals surface area contributed by atoms with E-state index in [0.717, 1.165) is 24.3 Å². The van der Waals surface area contributed by atoms with Gasteiger partial charge in [0.2, 0.25) is 0 Å². The molecule has 0 aliphatic carbocycles. The minimum absolute atomic E-state index is 0.174. The molecule has 1 aromatic heterocycles. The van der Waals surface area contributed by atoms with Gasteiger partial charge in [0.1, 0.15) is 6.23 Å². The highest BCUT2D eigenvalue weighted by Gasteiger charge is 2.17. The van der Waals surface area contributed by atoms with Crippen molar-refractivity contribution in [3.05, 3.63) is 54.9 Å². The van der Waals surface area contributed by atoms with Crippen molar-refractivity contribution in [3.8, 4) is 0 Å². The molecule has 1 saturated heterocycles. The van der Waals surface area contributed by atoms with Gasteiger partial charge in [-0.1, -0.05) is 24.8 Å². The highest BCUT2D eigenvalue weighted by Crippen LogP contribution is 2.30. The molecule has 1 unspecified atom stereocenters. The number of nitrogens with two attached hydrogens (primary N) is 2. The van der Waals surface area contributed by atoms with E-state index in [-0.39, 0.29) is 6.23 Å². The number of fused-ring (bicyclic) bond motifs is 1. The van der Waals surface area contributed by atoms with Gasteiger partial charge < -0.3 is 20.8 Å². The SMILES string of the molecule is C/C=C(\N)c1cccc2c1ccn2C1CCCCO1.C=CN. The molecular weight excluding hydrogens is 274 g/mol. The van der Waals surface area contributed by atoms with Crippen LogP contribution < -0.4 is 11.5 Å². The summed E-state index contributed by atoms with van der Waals surface area (Å²) in [6, 6.07) is 8.41. The number of aromatic nitrogens is 1. The predicted octanol–water partition coefficient (Wildman–Crippen LogP) is 3.75. The number of nitrogens with zero attached hydrogens (tertiary/aromatic N) is 1. The molecule has 2 aromatic rings. The highest BCUT2D eigenvalue weighted by molar-refractivity contribution is 5.92. The number of benzene rings is 1. The number of allylic oxidation sites excluding steroid dienone is 1. The highest BCUT2D eigenvalue weighted by atomic mass is 16.5. The predicted molar refractivity (Wildman–Crippen MR) is 93.0 cm³/mol. The summed E-state index contributed by atoms with van der Waals surface area (Å²) in [5, 5.41) is 1.20. The summed E-state index contributed by atoms with van der Waals surface area (Å²) in [4.78, 5) is 0. The van der Waals surface area contributed by atoms with Gasteiger partial charge in [0.05, 0.1) is 5.52 Å². The summed E-state index contributed by atoms with van der Waals surface area (Å²) in [7, 11) is 0. The summed E-state index contributed by atoms with van der Waals surface area (Å²) < 4.78 is 8.11. The molecule has 22 heavy (non-hydrogen) atoms. The molecule has 1 aliphatic rings. The Labute approximate surface area is 132 Å². The molecule has 1 fully saturated rings. The second-order valence-electron chi connectivity index (χ2n) is 5.26. The van der Waals surface area contributed by atoms with Crippen molar-refractivity contribution in [2.24, 2.45) is 11.5 Å². The second kappa shape index (κ2) is 7.71. The van der Waals surface area contributed by atoms with Crippen LogP contribution in [0.15, 0.2) is 49.3 Å². The maximum Gasteiger partial charge on any atom is 0.133 e. The largest absolute Gasteiger partial charge is 0.405 e. The molecule has 4 heteroatoms. The van der Waals surface area contributed by atoms with E-state index in [1.54, 1.807) is 0 Å². The summed E-state index contributed by atoms with van der Waals surface area (Å²) in [5.74, 6) is 0. The van der Waals surface area contributed by atoms with Crippen LogP contribution in [0.2, 0.25) is 0 Å². The van der Waals surface area contributed by atoms with Crippen LogP contribution in [-0.2, 0) is 4.74 Å². The lowest BCUT2D eigenvalue weighted by atomic mass is 10.1. The standard InChI is InChI=1S/C16H20N2O.C2H5N/c1-2-14(17)12-6-5-7-15-13(12)9-10-18(15)16-8-3-4-11-19-16;1-2-3/h2,5-7,9-10,16H,3-4,8,11,17H2,1H3;2H,1,3H2/b14-2-;. The fraction of sp³-hybridized carbons (Fsp3) is 0.333. The Kier molecular flexibility index (Phi) is 5.67. The molecule has 118 valence electrons. The van der Waals surface area contributed by atoms with Crippen LogP contribution in [0.1, 0.15) is 38.0 Å². The van der Waals surface area contributed by atoms with E-state index >= 15 is 0 Å². The van der Waals surface area contributed by atoms with E-state index in [2.05, 4.69) is 47.3 Å². The summed E-state index contributed by atoms with van der Waals surface area (Å²) in [6.45, 7) is 5.97. The van der Waals surface area contributed by atoms with Crippen molar-refractivity contribution < 1.29 is 4.74 Å². The summed E-state index contributed by atoms with van der Waals surface area (Å²) in [5.41, 5.74) is 13.8. The van der Waals surface area contributed by atoms with Crippen molar-refractivity contribution >= 4 is 16.6 Å². The number of rotatable bonds is 2. The minimum atomic E-state index is 0.174. The first-order valence-corrected chi connectivity index (χ1v) is 7.68. The Morgan fingerprint density at radius 1 is 1.36 bits per heavy atom. The van der Waals surface area contributed by atoms with Gasteiger partial charge in [0, 0.05) is 29.5 Å². The molecule has 0 radical (unpaired) electrons. The lowest BCUT2D eigenvalue weighted by Crippen LogP contribution is -2.17. The van der Waals surface area contributed by atoms with Gasteiger partial charge in [-0.2, -0.15) is 0 Å². The average molecular weight is 299 g/mol. The first-order valence-electron chi connectivity index (χ1n) is 7.68. The maximum absolute atomic E-state index is 6.07. The molecule has 0 bridgehead atoms. The monoisotopic (exact) mass is 299 g/mol. The third-order valence-electron chi connectivity index (χ3n) is 3.85. The van der Waals surface area contributed by atoms with Crippen molar-refractivity contribution in [1.82, 2.24) is 4.57 Å². The molecule has 1 aliphatic heterocycles. The minimum Gasteiger partial charge on any atom is -0.405 e. The van der Waals surface area contributed by atoms with Crippen molar-refractivity contribution in [3.63, 3.8) is 0 Å². The van der Waals surface area contributed by atoms with Crippen molar-refractivity contribution in [1.29, 1.82) is 0 Å². The normalized spacial score (nSPS) is 18.6. The molecule has 1 aromatic carbocycles. The first-order chi connectivity index (χ1) is 10.7. The molecule has 4 N–H and O–H groups in total. The summed E-state index contributed by atoms with van der Waals surface area (Å²) >= 11 is 0. The molecule has 1 atom stereocenters. The zero-order chi connectivity index (χ0) is 15.9. The molecule has 3 rings (SSSR count). The van der Waals surface area contributed by atoms with E-state index < -0.39 is 0 Å². The Balaban J connectivity index is 0.000000545. The molecular formula is C18H25N3O. The lowest BCUT2D eigenvalue weighted by molar-refractivity contribution is -0.0291. The van der Waals surface area contributed by atoms with E-state index in [9.17, 15) is 0 Å². The van der Waals surface area contributed by atoms with Crippen LogP contribution in [0.3, 0.4) is 0 Å². The third kappa shape index (κ3) is 3.34. The summed E-state index contributed by atoms with van der Waals surface area (Å²) in [6.07, 6.45) is 8.99. The topological polar surface area (TPSA) is 66.2 Å². The van der Waals surface area contributed by atoms with Crippen LogP contribution in [0, 0.1) is 0 Å². The van der Waals surface area contributed by atoms with Gasteiger partial charge in [0.25, 0.3) is 0 Å². The van der Waals surface area contributed by atoms with E-state index in [0.29, 0.717) is 0 Å². The van der Waals surface area contributed by atoms with Gasteiger partial charge in [0.15, 0.2) is 0 Å². The van der Waals surface area contributed by atoms with Crippen LogP contribution in [0.5, 0.6) is 0 Å². The quantitative estimate of drug-likeness (QED) is 0.887. The number of hydrogen-bond acceptors (Lipinski definition) is 3. The molecule has 0 spiro atoms. The van der Waals surface area contributed by atoms with Gasteiger partial charge in [-0.15, -0.1) is 0 Å². The van der Waals surface area contributed by atoms with E-state index in [1.807, 2.05) is 13.0 Å². The van der Waals surface area contributed by atoms with Crippen molar-refractivity contribution in [2.75, 3.05) is 6.61 Å². The van der Waals surface area contributed by atoms with Gasteiger partial charge in [-0.25, -0.2) is 0 Å². The van der Waals surface area contributed by atoms with Crippen LogP contribution in [0.4, 0.5) is 0 Å².